The predicted octanol–water partition coefficient (Wildman–Crippen LogP) is 1.22. The molecule has 0 aromatic rings. The Morgan fingerprint density at radius 1 is 1.16 bits per heavy atom. The lowest BCUT2D eigenvalue weighted by Gasteiger charge is -2.39. The molecule has 2 rings (SSSR count). The summed E-state index contributed by atoms with van der Waals surface area (Å²) in [6.45, 7) is 9.48. The summed E-state index contributed by atoms with van der Waals surface area (Å²) >= 11 is 0. The molecule has 0 atom stereocenters. The second-order valence-corrected chi connectivity index (χ2v) is 7.11. The Labute approximate surface area is 117 Å². The van der Waals surface area contributed by atoms with Crippen molar-refractivity contribution >= 4 is 5.91 Å². The largest absolute Gasteiger partial charge is 0.355 e. The van der Waals surface area contributed by atoms with Gasteiger partial charge in [-0.15, -0.1) is 0 Å². The van der Waals surface area contributed by atoms with Crippen LogP contribution in [0.25, 0.3) is 0 Å². The van der Waals surface area contributed by atoms with Crippen molar-refractivity contribution in [3.8, 4) is 0 Å². The number of hydrogen-bond donors (Lipinski definition) is 2. The summed E-state index contributed by atoms with van der Waals surface area (Å²) in [5, 5.41) is 6.56. The van der Waals surface area contributed by atoms with Gasteiger partial charge in [0.05, 0.1) is 0 Å². The van der Waals surface area contributed by atoms with Gasteiger partial charge in [-0.3, -0.25) is 4.79 Å². The van der Waals surface area contributed by atoms with E-state index in [1.165, 1.54) is 12.8 Å². The number of nitrogens with one attached hydrogen (secondary N) is 2. The van der Waals surface area contributed by atoms with E-state index in [9.17, 15) is 4.79 Å². The van der Waals surface area contributed by atoms with E-state index in [2.05, 4.69) is 36.4 Å². The maximum atomic E-state index is 12.4. The van der Waals surface area contributed by atoms with Gasteiger partial charge in [0.25, 0.3) is 0 Å². The number of rotatable bonds is 3. The third-order valence-corrected chi connectivity index (χ3v) is 5.13. The van der Waals surface area contributed by atoms with Crippen LogP contribution in [0.15, 0.2) is 0 Å². The van der Waals surface area contributed by atoms with E-state index in [-0.39, 0.29) is 16.7 Å². The molecule has 0 radical (unpaired) electrons. The molecule has 0 spiro atoms. The fourth-order valence-electron chi connectivity index (χ4n) is 3.05. The maximum absolute atomic E-state index is 12.4. The molecule has 0 aliphatic carbocycles. The summed E-state index contributed by atoms with van der Waals surface area (Å²) in [4.78, 5) is 14.8. The SMILES string of the molecule is CN1CCC(C)(CNC(=O)C2(C)CCNCC2)CC1. The second kappa shape index (κ2) is 5.80. The van der Waals surface area contributed by atoms with E-state index in [1.807, 2.05) is 0 Å². The first-order chi connectivity index (χ1) is 8.94. The molecule has 2 fully saturated rings. The molecule has 2 heterocycles. The van der Waals surface area contributed by atoms with Gasteiger partial charge in [0, 0.05) is 12.0 Å². The van der Waals surface area contributed by atoms with Crippen LogP contribution in [0.5, 0.6) is 0 Å². The Morgan fingerprint density at radius 3 is 2.32 bits per heavy atom. The molecule has 19 heavy (non-hydrogen) atoms. The van der Waals surface area contributed by atoms with Crippen molar-refractivity contribution in [1.82, 2.24) is 15.5 Å². The number of likely N-dealkylation sites (tertiary alicyclic amines) is 1. The second-order valence-electron chi connectivity index (χ2n) is 7.11. The lowest BCUT2D eigenvalue weighted by molar-refractivity contribution is -0.132. The van der Waals surface area contributed by atoms with E-state index in [0.29, 0.717) is 0 Å². The van der Waals surface area contributed by atoms with Gasteiger partial charge < -0.3 is 15.5 Å². The Morgan fingerprint density at radius 2 is 1.74 bits per heavy atom. The van der Waals surface area contributed by atoms with Crippen LogP contribution in [-0.2, 0) is 4.79 Å². The van der Waals surface area contributed by atoms with Crippen molar-refractivity contribution in [2.75, 3.05) is 39.8 Å². The van der Waals surface area contributed by atoms with Crippen LogP contribution < -0.4 is 10.6 Å². The normalized spacial score (nSPS) is 26.9. The topological polar surface area (TPSA) is 44.4 Å². The zero-order valence-electron chi connectivity index (χ0n) is 12.7. The monoisotopic (exact) mass is 267 g/mol. The van der Waals surface area contributed by atoms with Crippen LogP contribution >= 0.6 is 0 Å². The first-order valence-corrected chi connectivity index (χ1v) is 7.61. The molecular formula is C15H29N3O. The number of carbonyl (C=O) groups is 1. The minimum atomic E-state index is -0.160. The number of hydrogen-bond acceptors (Lipinski definition) is 3. The zero-order chi connectivity index (χ0) is 13.9. The highest BCUT2D eigenvalue weighted by Crippen LogP contribution is 2.31. The first-order valence-electron chi connectivity index (χ1n) is 7.61. The minimum Gasteiger partial charge on any atom is -0.355 e. The van der Waals surface area contributed by atoms with Crippen molar-refractivity contribution in [1.29, 1.82) is 0 Å². The highest BCUT2D eigenvalue weighted by molar-refractivity contribution is 5.82. The Kier molecular flexibility index (Phi) is 4.51. The molecule has 4 nitrogen and oxygen atoms in total. The predicted molar refractivity (Wildman–Crippen MR) is 78.1 cm³/mol. The lowest BCUT2D eigenvalue weighted by atomic mass is 9.78. The average molecular weight is 267 g/mol. The van der Waals surface area contributed by atoms with Crippen molar-refractivity contribution in [2.45, 2.75) is 39.5 Å². The fourth-order valence-corrected chi connectivity index (χ4v) is 3.05. The van der Waals surface area contributed by atoms with Gasteiger partial charge in [-0.05, 0) is 64.3 Å². The molecular weight excluding hydrogens is 238 g/mol. The highest BCUT2D eigenvalue weighted by Gasteiger charge is 2.36. The molecule has 0 saturated carbocycles. The smallest absolute Gasteiger partial charge is 0.226 e. The van der Waals surface area contributed by atoms with Gasteiger partial charge >= 0.3 is 0 Å². The molecule has 2 N–H and O–H groups in total. The summed E-state index contributed by atoms with van der Waals surface area (Å²) in [6, 6.07) is 0. The molecule has 1 amide bonds. The molecule has 0 aromatic heterocycles. The van der Waals surface area contributed by atoms with Crippen LogP contribution in [0.2, 0.25) is 0 Å². The molecule has 0 bridgehead atoms. The summed E-state index contributed by atoms with van der Waals surface area (Å²) in [5.74, 6) is 0.258. The maximum Gasteiger partial charge on any atom is 0.226 e. The third kappa shape index (κ3) is 3.69. The van der Waals surface area contributed by atoms with Gasteiger partial charge in [-0.1, -0.05) is 13.8 Å². The van der Waals surface area contributed by atoms with Gasteiger partial charge in [0.2, 0.25) is 5.91 Å². The number of nitrogens with zero attached hydrogens (tertiary/aromatic N) is 1. The highest BCUT2D eigenvalue weighted by atomic mass is 16.2. The molecule has 2 saturated heterocycles. The van der Waals surface area contributed by atoms with Crippen molar-refractivity contribution in [3.05, 3.63) is 0 Å². The van der Waals surface area contributed by atoms with Crippen molar-refractivity contribution in [3.63, 3.8) is 0 Å². The van der Waals surface area contributed by atoms with Gasteiger partial charge in [0.15, 0.2) is 0 Å². The zero-order valence-corrected chi connectivity index (χ0v) is 12.7. The van der Waals surface area contributed by atoms with Gasteiger partial charge in [-0.2, -0.15) is 0 Å². The number of amides is 1. The molecule has 0 aromatic carbocycles. The molecule has 2 aliphatic heterocycles. The third-order valence-electron chi connectivity index (χ3n) is 5.13. The van der Waals surface area contributed by atoms with Crippen LogP contribution in [0.4, 0.5) is 0 Å². The van der Waals surface area contributed by atoms with E-state index in [0.717, 1.165) is 45.6 Å². The molecule has 2 aliphatic rings. The Bertz CT molecular complexity index is 315. The van der Waals surface area contributed by atoms with E-state index in [4.69, 9.17) is 0 Å². The standard InChI is InChI=1S/C15H29N3O/c1-14(6-10-18(3)11-7-14)12-17-13(19)15(2)4-8-16-9-5-15/h16H,4-12H2,1-3H3,(H,17,19). The number of carbonyl (C=O) groups excluding carboxylic acids is 1. The summed E-state index contributed by atoms with van der Waals surface area (Å²) in [7, 11) is 2.17. The summed E-state index contributed by atoms with van der Waals surface area (Å²) in [6.07, 6.45) is 4.28. The first kappa shape index (κ1) is 14.8. The van der Waals surface area contributed by atoms with Crippen molar-refractivity contribution in [2.24, 2.45) is 10.8 Å². The summed E-state index contributed by atoms with van der Waals surface area (Å²) in [5.41, 5.74) is 0.124. The van der Waals surface area contributed by atoms with Crippen LogP contribution in [0.1, 0.15) is 39.5 Å². The van der Waals surface area contributed by atoms with Crippen LogP contribution in [0.3, 0.4) is 0 Å². The molecule has 4 heteroatoms. The van der Waals surface area contributed by atoms with E-state index < -0.39 is 0 Å². The molecule has 0 unspecified atom stereocenters. The van der Waals surface area contributed by atoms with Gasteiger partial charge in [-0.25, -0.2) is 0 Å². The quantitative estimate of drug-likeness (QED) is 0.808. The Balaban J connectivity index is 1.82. The van der Waals surface area contributed by atoms with Crippen molar-refractivity contribution < 1.29 is 4.79 Å². The fraction of sp³-hybridized carbons (Fsp3) is 0.933. The van der Waals surface area contributed by atoms with Gasteiger partial charge in [0.1, 0.15) is 0 Å². The van der Waals surface area contributed by atoms with E-state index >= 15 is 0 Å². The average Bonchev–Trinajstić information content (AvgIpc) is 2.41. The minimum absolute atomic E-state index is 0.160. The van der Waals surface area contributed by atoms with Crippen LogP contribution in [0, 0.1) is 10.8 Å². The Hall–Kier alpha value is -0.610. The van der Waals surface area contributed by atoms with E-state index in [1.54, 1.807) is 0 Å². The molecule has 110 valence electrons. The van der Waals surface area contributed by atoms with Crippen LogP contribution in [-0.4, -0.2) is 50.6 Å². The summed E-state index contributed by atoms with van der Waals surface area (Å²) < 4.78 is 0. The number of piperidine rings is 2. The lowest BCUT2D eigenvalue weighted by Crippen LogP contribution is -2.49.